The van der Waals surface area contributed by atoms with E-state index in [4.69, 9.17) is 29.2 Å². The molecular weight excluding hydrogens is 656 g/mol. The van der Waals surface area contributed by atoms with Crippen LogP contribution in [0.1, 0.15) is 115 Å². The lowest BCUT2D eigenvalue weighted by molar-refractivity contribution is 0.301. The highest BCUT2D eigenvalue weighted by Gasteiger charge is 2.23. The molecule has 3 aromatic carbocycles. The fourth-order valence-electron chi connectivity index (χ4n) is 6.04. The highest BCUT2D eigenvalue weighted by Crippen LogP contribution is 2.42. The van der Waals surface area contributed by atoms with Crippen molar-refractivity contribution < 1.29 is 24.4 Å². The van der Waals surface area contributed by atoms with Crippen LogP contribution in [-0.2, 0) is 0 Å². The van der Waals surface area contributed by atoms with Gasteiger partial charge in [0.25, 0.3) is 0 Å². The molecule has 2 N–H and O–H groups in total. The number of aromatic hydroxyl groups is 2. The third kappa shape index (κ3) is 10.2. The third-order valence-electron chi connectivity index (χ3n) is 9.36. The van der Waals surface area contributed by atoms with Gasteiger partial charge < -0.3 is 24.4 Å². The van der Waals surface area contributed by atoms with Crippen LogP contribution in [0, 0.1) is 25.7 Å². The second kappa shape index (κ2) is 20.3. The maximum Gasteiger partial charge on any atom is 0.167 e. The van der Waals surface area contributed by atoms with Crippen LogP contribution >= 0.6 is 0 Å². The van der Waals surface area contributed by atoms with E-state index < -0.39 is 0 Å². The van der Waals surface area contributed by atoms with Crippen LogP contribution in [0.5, 0.6) is 28.7 Å². The van der Waals surface area contributed by atoms with Gasteiger partial charge in [-0.1, -0.05) is 78.6 Å². The normalized spacial score (nSPS) is 11.1. The zero-order chi connectivity index (χ0) is 37.5. The van der Waals surface area contributed by atoms with Gasteiger partial charge in [0.2, 0.25) is 0 Å². The van der Waals surface area contributed by atoms with Crippen LogP contribution in [0.3, 0.4) is 0 Å². The van der Waals surface area contributed by atoms with Crippen LogP contribution in [0.4, 0.5) is 5.69 Å². The van der Waals surface area contributed by atoms with Crippen molar-refractivity contribution in [1.82, 2.24) is 15.0 Å². The van der Waals surface area contributed by atoms with Crippen LogP contribution < -0.4 is 14.2 Å². The summed E-state index contributed by atoms with van der Waals surface area (Å²) in [5.41, 5.74) is 2.92. The van der Waals surface area contributed by atoms with E-state index in [1.807, 2.05) is 0 Å². The minimum Gasteiger partial charge on any atom is -0.507 e. The van der Waals surface area contributed by atoms with Gasteiger partial charge >= 0.3 is 0 Å². The molecule has 1 aromatic heterocycles. The Balaban J connectivity index is 1.78. The van der Waals surface area contributed by atoms with Crippen LogP contribution in [-0.4, -0.2) is 45.0 Å². The number of unbranched alkanes of at least 4 members (excludes halogenated alkanes) is 9. The molecule has 0 spiro atoms. The number of phenolic OH excluding ortho intramolecular Hbond substituents is 2. The zero-order valence-corrected chi connectivity index (χ0v) is 31.9. The summed E-state index contributed by atoms with van der Waals surface area (Å²) in [6, 6.07) is 10.5. The average molecular weight is 713 g/mol. The van der Waals surface area contributed by atoms with Gasteiger partial charge in [-0.25, -0.2) is 15.0 Å². The first kappa shape index (κ1) is 40.0. The monoisotopic (exact) mass is 712 g/mol. The van der Waals surface area contributed by atoms with E-state index in [2.05, 4.69) is 25.9 Å². The topological polar surface area (TPSA) is 136 Å². The van der Waals surface area contributed by atoms with Gasteiger partial charge in [-0.2, -0.15) is 0 Å². The Labute approximate surface area is 309 Å². The molecule has 1 heterocycles. The summed E-state index contributed by atoms with van der Waals surface area (Å²) in [6.07, 6.45) is 12.8. The minimum absolute atomic E-state index is 0.0295. The van der Waals surface area contributed by atoms with Crippen molar-refractivity contribution in [3.05, 3.63) is 58.0 Å². The second-order valence-electron chi connectivity index (χ2n) is 13.4. The third-order valence-corrected chi connectivity index (χ3v) is 9.36. The van der Waals surface area contributed by atoms with E-state index in [-0.39, 0.29) is 34.7 Å². The van der Waals surface area contributed by atoms with Crippen molar-refractivity contribution in [2.45, 2.75) is 119 Å². The first-order chi connectivity index (χ1) is 25.2. The molecule has 0 bridgehead atoms. The molecule has 52 heavy (non-hydrogen) atoms. The van der Waals surface area contributed by atoms with Crippen molar-refractivity contribution in [2.24, 2.45) is 5.18 Å². The SMILES string of the molecule is CCCCCCOc1ccc(-c2nc(-c3ccc(OCCCCCC)c(C)c3O)nc(-c3ccc(OCCCCCC)c(C)c3N=O)n2)c(O)c1C. The van der Waals surface area contributed by atoms with Crippen LogP contribution in [0.25, 0.3) is 34.2 Å². The molecule has 0 aliphatic carbocycles. The van der Waals surface area contributed by atoms with Gasteiger partial charge in [-0.15, -0.1) is 4.91 Å². The largest absolute Gasteiger partial charge is 0.507 e. The molecule has 0 radical (unpaired) electrons. The zero-order valence-electron chi connectivity index (χ0n) is 31.9. The Kier molecular flexibility index (Phi) is 15.7. The number of benzene rings is 3. The molecule has 0 saturated carbocycles. The van der Waals surface area contributed by atoms with Crippen LogP contribution in [0.15, 0.2) is 41.6 Å². The molecule has 0 aliphatic rings. The summed E-state index contributed by atoms with van der Waals surface area (Å²) < 4.78 is 18.1. The molecule has 10 heteroatoms. The summed E-state index contributed by atoms with van der Waals surface area (Å²) in [7, 11) is 0. The van der Waals surface area contributed by atoms with Gasteiger partial charge in [-0.3, -0.25) is 0 Å². The maximum atomic E-state index is 12.4. The molecule has 0 atom stereocenters. The lowest BCUT2D eigenvalue weighted by Crippen LogP contribution is -2.04. The van der Waals surface area contributed by atoms with Gasteiger partial charge in [0.1, 0.15) is 34.4 Å². The van der Waals surface area contributed by atoms with E-state index in [1.54, 1.807) is 57.2 Å². The van der Waals surface area contributed by atoms with Gasteiger partial charge in [0.05, 0.1) is 30.9 Å². The summed E-state index contributed by atoms with van der Waals surface area (Å²) >= 11 is 0. The lowest BCUT2D eigenvalue weighted by atomic mass is 10.0. The Hall–Kier alpha value is -4.73. The highest BCUT2D eigenvalue weighted by atomic mass is 16.5. The molecular formula is C42H56N4O6. The van der Waals surface area contributed by atoms with Crippen LogP contribution in [0.2, 0.25) is 0 Å². The van der Waals surface area contributed by atoms with E-state index >= 15 is 0 Å². The summed E-state index contributed by atoms with van der Waals surface area (Å²) in [5, 5.41) is 26.3. The Morgan fingerprint density at radius 2 is 0.846 bits per heavy atom. The quantitative estimate of drug-likeness (QED) is 0.0602. The number of hydrogen-bond donors (Lipinski definition) is 2. The number of rotatable bonds is 22. The van der Waals surface area contributed by atoms with E-state index in [1.165, 1.54) is 0 Å². The highest BCUT2D eigenvalue weighted by molar-refractivity contribution is 5.80. The number of ether oxygens (including phenoxy) is 3. The number of nitroso groups, excluding NO2 is 1. The van der Waals surface area contributed by atoms with Crippen molar-refractivity contribution in [2.75, 3.05) is 19.8 Å². The maximum absolute atomic E-state index is 12.4. The van der Waals surface area contributed by atoms with Crippen molar-refractivity contribution in [1.29, 1.82) is 0 Å². The molecule has 0 amide bonds. The van der Waals surface area contributed by atoms with E-state index in [9.17, 15) is 15.1 Å². The first-order valence-electron chi connectivity index (χ1n) is 19.0. The number of hydrogen-bond acceptors (Lipinski definition) is 10. The van der Waals surface area contributed by atoms with Crippen molar-refractivity contribution >= 4 is 5.69 Å². The summed E-state index contributed by atoms with van der Waals surface area (Å²) in [5.74, 6) is 2.16. The molecule has 0 aliphatic heterocycles. The molecule has 0 fully saturated rings. The Morgan fingerprint density at radius 3 is 1.21 bits per heavy atom. The molecule has 0 saturated heterocycles. The summed E-state index contributed by atoms with van der Waals surface area (Å²) in [4.78, 5) is 26.7. The average Bonchev–Trinajstić information content (AvgIpc) is 3.15. The molecule has 4 aromatic rings. The minimum atomic E-state index is -0.0295. The molecule has 10 nitrogen and oxygen atoms in total. The Morgan fingerprint density at radius 1 is 0.500 bits per heavy atom. The number of phenols is 2. The molecule has 4 rings (SSSR count). The number of nitrogens with zero attached hydrogens (tertiary/aromatic N) is 4. The van der Waals surface area contributed by atoms with Crippen molar-refractivity contribution in [3.8, 4) is 62.9 Å². The second-order valence-corrected chi connectivity index (χ2v) is 13.4. The van der Waals surface area contributed by atoms with E-state index in [0.717, 1.165) is 77.0 Å². The Bertz CT molecular complexity index is 1690. The van der Waals surface area contributed by atoms with E-state index in [0.29, 0.717) is 70.4 Å². The summed E-state index contributed by atoms with van der Waals surface area (Å²) in [6.45, 7) is 13.5. The van der Waals surface area contributed by atoms with Crippen molar-refractivity contribution in [3.63, 3.8) is 0 Å². The smallest absolute Gasteiger partial charge is 0.167 e. The van der Waals surface area contributed by atoms with Gasteiger partial charge in [-0.05, 0) is 81.6 Å². The fourth-order valence-corrected chi connectivity index (χ4v) is 6.04. The lowest BCUT2D eigenvalue weighted by Gasteiger charge is -2.16. The number of aromatic nitrogens is 3. The predicted molar refractivity (Wildman–Crippen MR) is 208 cm³/mol. The predicted octanol–water partition coefficient (Wildman–Crippen LogP) is 11.5. The van der Waals surface area contributed by atoms with Gasteiger partial charge in [0, 0.05) is 22.3 Å². The van der Waals surface area contributed by atoms with Gasteiger partial charge in [0.15, 0.2) is 17.5 Å². The first-order valence-corrected chi connectivity index (χ1v) is 19.0. The molecule has 0 unspecified atom stereocenters. The molecule has 280 valence electrons. The standard InChI is InChI=1S/C42H56N4O6/c1-7-10-13-16-25-50-34-22-19-31(37(46-49)28(34)4)40-43-41(32-20-23-35(29(5)38(32)47)51-26-17-14-11-8-2)45-42(44-40)33-21-24-36(30(6)39(33)48)52-27-18-15-12-9-3/h19-24,47-48H,7-18,25-27H2,1-6H3. The fraction of sp³-hybridized carbons (Fsp3) is 0.500.